The molecule has 1 fully saturated rings. The van der Waals surface area contributed by atoms with Gasteiger partial charge in [0.2, 0.25) is 11.8 Å². The van der Waals surface area contributed by atoms with Crippen LogP contribution in [-0.2, 0) is 9.59 Å². The van der Waals surface area contributed by atoms with Crippen molar-refractivity contribution in [1.82, 2.24) is 4.90 Å². The van der Waals surface area contributed by atoms with Crippen LogP contribution in [0.2, 0.25) is 5.02 Å². The number of nitrogens with one attached hydrogen (secondary N) is 1. The summed E-state index contributed by atoms with van der Waals surface area (Å²) in [6.45, 7) is 4.99. The van der Waals surface area contributed by atoms with Gasteiger partial charge in [-0.3, -0.25) is 9.59 Å². The van der Waals surface area contributed by atoms with Gasteiger partial charge in [0.1, 0.15) is 11.5 Å². The van der Waals surface area contributed by atoms with Crippen LogP contribution in [0.4, 0.5) is 5.69 Å². The average Bonchev–Trinajstić information content (AvgIpc) is 2.61. The first-order chi connectivity index (χ1) is 11.9. The highest BCUT2D eigenvalue weighted by molar-refractivity contribution is 6.32. The summed E-state index contributed by atoms with van der Waals surface area (Å²) in [5.74, 6) is 0.871. The number of halogens is 1. The van der Waals surface area contributed by atoms with Crippen LogP contribution in [-0.4, -0.2) is 44.0 Å². The van der Waals surface area contributed by atoms with E-state index in [1.807, 2.05) is 18.7 Å². The fourth-order valence-corrected chi connectivity index (χ4v) is 3.16. The van der Waals surface area contributed by atoms with Crippen molar-refractivity contribution in [3.05, 3.63) is 17.2 Å². The van der Waals surface area contributed by atoms with Gasteiger partial charge in [-0.15, -0.1) is 0 Å². The minimum Gasteiger partial charge on any atom is -0.495 e. The Labute approximate surface area is 153 Å². The smallest absolute Gasteiger partial charge is 0.227 e. The van der Waals surface area contributed by atoms with E-state index < -0.39 is 0 Å². The molecule has 0 bridgehead atoms. The van der Waals surface area contributed by atoms with Crippen LogP contribution in [0.1, 0.15) is 26.7 Å². The van der Waals surface area contributed by atoms with Crippen molar-refractivity contribution in [2.45, 2.75) is 26.7 Å². The molecule has 1 aliphatic rings. The topological polar surface area (TPSA) is 67.9 Å². The third-order valence-electron chi connectivity index (χ3n) is 4.40. The van der Waals surface area contributed by atoms with Crippen molar-refractivity contribution in [1.29, 1.82) is 0 Å². The number of nitrogens with zero attached hydrogens (tertiary/aromatic N) is 1. The summed E-state index contributed by atoms with van der Waals surface area (Å²) in [4.78, 5) is 26.4. The van der Waals surface area contributed by atoms with Crippen LogP contribution in [0.25, 0.3) is 0 Å². The van der Waals surface area contributed by atoms with Crippen molar-refractivity contribution in [3.63, 3.8) is 0 Å². The molecule has 1 heterocycles. The zero-order valence-electron chi connectivity index (χ0n) is 15.1. The first-order valence-electron chi connectivity index (χ1n) is 8.38. The quantitative estimate of drug-likeness (QED) is 0.866. The molecule has 6 nitrogen and oxygen atoms in total. The Kier molecular flexibility index (Phi) is 6.53. The lowest BCUT2D eigenvalue weighted by atomic mass is 9.95. The molecule has 138 valence electrons. The van der Waals surface area contributed by atoms with Crippen LogP contribution in [0.5, 0.6) is 11.5 Å². The number of methoxy groups -OCH3 is 2. The number of hydrogen-bond acceptors (Lipinski definition) is 4. The van der Waals surface area contributed by atoms with Gasteiger partial charge in [-0.2, -0.15) is 0 Å². The van der Waals surface area contributed by atoms with E-state index in [4.69, 9.17) is 21.1 Å². The predicted molar refractivity (Wildman–Crippen MR) is 97.3 cm³/mol. The largest absolute Gasteiger partial charge is 0.495 e. The normalized spacial score (nSPS) is 15.2. The molecule has 7 heteroatoms. The second kappa shape index (κ2) is 8.43. The van der Waals surface area contributed by atoms with Crippen LogP contribution >= 0.6 is 11.6 Å². The summed E-state index contributed by atoms with van der Waals surface area (Å²) < 4.78 is 10.5. The Bertz CT molecular complexity index is 640. The van der Waals surface area contributed by atoms with Crippen LogP contribution < -0.4 is 14.8 Å². The number of piperidine rings is 1. The van der Waals surface area contributed by atoms with E-state index in [0.717, 1.165) is 0 Å². The molecular weight excluding hydrogens is 344 g/mol. The van der Waals surface area contributed by atoms with Gasteiger partial charge in [0, 0.05) is 31.0 Å². The van der Waals surface area contributed by atoms with Gasteiger partial charge in [0.25, 0.3) is 0 Å². The lowest BCUT2D eigenvalue weighted by Crippen LogP contribution is -2.43. The second-order valence-electron chi connectivity index (χ2n) is 6.43. The number of likely N-dealkylation sites (tertiary alicyclic amines) is 1. The summed E-state index contributed by atoms with van der Waals surface area (Å²) in [7, 11) is 3.04. The molecular formula is C18H25ClN2O4. The van der Waals surface area contributed by atoms with E-state index in [1.165, 1.54) is 14.2 Å². The number of carbonyl (C=O) groups excluding carboxylic acids is 2. The predicted octanol–water partition coefficient (Wildman–Crippen LogP) is 3.19. The fourth-order valence-electron chi connectivity index (χ4n) is 2.92. The lowest BCUT2D eigenvalue weighted by Gasteiger charge is -2.32. The van der Waals surface area contributed by atoms with E-state index in [2.05, 4.69) is 5.32 Å². The number of hydrogen-bond donors (Lipinski definition) is 1. The molecule has 1 aromatic rings. The molecule has 1 aromatic carbocycles. The van der Waals surface area contributed by atoms with Crippen LogP contribution in [0.3, 0.4) is 0 Å². The van der Waals surface area contributed by atoms with Crippen molar-refractivity contribution >= 4 is 29.1 Å². The molecule has 1 N–H and O–H groups in total. The highest BCUT2D eigenvalue weighted by atomic mass is 35.5. The monoisotopic (exact) mass is 368 g/mol. The highest BCUT2D eigenvalue weighted by Gasteiger charge is 2.28. The number of carbonyl (C=O) groups is 2. The summed E-state index contributed by atoms with van der Waals surface area (Å²) in [5.41, 5.74) is 0.513. The molecule has 0 aromatic heterocycles. The summed E-state index contributed by atoms with van der Waals surface area (Å²) in [6, 6.07) is 3.26. The van der Waals surface area contributed by atoms with Crippen molar-refractivity contribution in [3.8, 4) is 11.5 Å². The molecule has 1 saturated heterocycles. The molecule has 0 spiro atoms. The zero-order chi connectivity index (χ0) is 18.6. The lowest BCUT2D eigenvalue weighted by molar-refractivity contribution is -0.137. The van der Waals surface area contributed by atoms with Gasteiger partial charge in [-0.05, 0) is 18.9 Å². The Balaban J connectivity index is 2.02. The Morgan fingerprint density at radius 1 is 1.16 bits per heavy atom. The molecule has 25 heavy (non-hydrogen) atoms. The Hall–Kier alpha value is -1.95. The van der Waals surface area contributed by atoms with Crippen molar-refractivity contribution in [2.75, 3.05) is 32.6 Å². The SMILES string of the molecule is COc1cc(OC)c(NC(=O)C2CCN(C(=O)C(C)C)CC2)cc1Cl. The highest BCUT2D eigenvalue weighted by Crippen LogP contribution is 2.36. The van der Waals surface area contributed by atoms with Gasteiger partial charge in [0.05, 0.1) is 24.9 Å². The Morgan fingerprint density at radius 2 is 1.76 bits per heavy atom. The standard InChI is InChI=1S/C18H25ClN2O4/c1-11(2)18(23)21-7-5-12(6-8-21)17(22)20-14-9-13(19)15(24-3)10-16(14)25-4/h9-12H,5-8H2,1-4H3,(H,20,22). The van der Waals surface area contributed by atoms with Crippen molar-refractivity contribution < 1.29 is 19.1 Å². The maximum Gasteiger partial charge on any atom is 0.227 e. The summed E-state index contributed by atoms with van der Waals surface area (Å²) >= 11 is 6.14. The van der Waals surface area contributed by atoms with Gasteiger partial charge in [-0.1, -0.05) is 25.4 Å². The van der Waals surface area contributed by atoms with E-state index in [0.29, 0.717) is 48.1 Å². The van der Waals surface area contributed by atoms with Gasteiger partial charge in [0.15, 0.2) is 0 Å². The molecule has 0 aliphatic carbocycles. The minimum absolute atomic E-state index is 0.0175. The molecule has 0 saturated carbocycles. The Morgan fingerprint density at radius 3 is 2.28 bits per heavy atom. The fraction of sp³-hybridized carbons (Fsp3) is 0.556. The van der Waals surface area contributed by atoms with Gasteiger partial charge < -0.3 is 19.7 Å². The summed E-state index contributed by atoms with van der Waals surface area (Å²) in [6.07, 6.45) is 1.30. The van der Waals surface area contributed by atoms with Crippen molar-refractivity contribution in [2.24, 2.45) is 11.8 Å². The first kappa shape index (κ1) is 19.4. The number of benzene rings is 1. The van der Waals surface area contributed by atoms with E-state index in [-0.39, 0.29) is 23.7 Å². The third kappa shape index (κ3) is 4.57. The number of amides is 2. The maximum atomic E-state index is 12.6. The average molecular weight is 369 g/mol. The molecule has 2 amide bonds. The molecule has 1 aliphatic heterocycles. The van der Waals surface area contributed by atoms with Crippen LogP contribution in [0, 0.1) is 11.8 Å². The maximum absolute atomic E-state index is 12.6. The van der Waals surface area contributed by atoms with E-state index in [9.17, 15) is 9.59 Å². The van der Waals surface area contributed by atoms with Gasteiger partial charge in [-0.25, -0.2) is 0 Å². The zero-order valence-corrected chi connectivity index (χ0v) is 15.9. The minimum atomic E-state index is -0.137. The molecule has 2 rings (SSSR count). The second-order valence-corrected chi connectivity index (χ2v) is 6.84. The van der Waals surface area contributed by atoms with E-state index in [1.54, 1.807) is 12.1 Å². The summed E-state index contributed by atoms with van der Waals surface area (Å²) in [5, 5.41) is 3.28. The number of rotatable bonds is 5. The molecule has 0 unspecified atom stereocenters. The number of anilines is 1. The molecule has 0 atom stereocenters. The van der Waals surface area contributed by atoms with Crippen LogP contribution in [0.15, 0.2) is 12.1 Å². The molecule has 0 radical (unpaired) electrons. The first-order valence-corrected chi connectivity index (χ1v) is 8.76. The van der Waals surface area contributed by atoms with Gasteiger partial charge >= 0.3 is 0 Å². The van der Waals surface area contributed by atoms with E-state index >= 15 is 0 Å². The third-order valence-corrected chi connectivity index (χ3v) is 4.70. The number of ether oxygens (including phenoxy) is 2.